The highest BCUT2D eigenvalue weighted by atomic mass is 32.1. The molecule has 1 rings (SSSR count). The zero-order valence-corrected chi connectivity index (χ0v) is 13.2. The molecule has 20 heavy (non-hydrogen) atoms. The van der Waals surface area contributed by atoms with Crippen LogP contribution in [0, 0.1) is 6.92 Å². The molecule has 0 saturated carbocycles. The Balaban J connectivity index is 2.35. The molecule has 5 nitrogen and oxygen atoms in total. The quantitative estimate of drug-likeness (QED) is 0.703. The summed E-state index contributed by atoms with van der Waals surface area (Å²) in [6.45, 7) is 8.89. The van der Waals surface area contributed by atoms with E-state index in [1.165, 1.54) is 11.3 Å². The van der Waals surface area contributed by atoms with Crippen molar-refractivity contribution in [2.75, 3.05) is 6.54 Å². The lowest BCUT2D eigenvalue weighted by Gasteiger charge is -2.20. The Kier molecular flexibility index (Phi) is 5.71. The lowest BCUT2D eigenvalue weighted by molar-refractivity contribution is -0.122. The average molecular weight is 298 g/mol. The standard InChI is InChI=1S/C14H22N2O3S/c1-9-10(7-11(20-9)13(18)19)8-15-6-5-12(17)16-14(2,3)4/h7,15H,5-6,8H2,1-4H3,(H,16,17)(H,18,19). The number of aryl methyl sites for hydroxylation is 1. The molecule has 1 aromatic rings. The maximum absolute atomic E-state index is 11.6. The van der Waals surface area contributed by atoms with E-state index in [2.05, 4.69) is 10.6 Å². The second kappa shape index (κ2) is 6.85. The first-order valence-electron chi connectivity index (χ1n) is 6.53. The topological polar surface area (TPSA) is 78.4 Å². The number of hydrogen-bond acceptors (Lipinski definition) is 4. The fourth-order valence-electron chi connectivity index (χ4n) is 1.71. The highest BCUT2D eigenvalue weighted by molar-refractivity contribution is 7.14. The number of rotatable bonds is 6. The van der Waals surface area contributed by atoms with Gasteiger partial charge in [0, 0.05) is 29.9 Å². The summed E-state index contributed by atoms with van der Waals surface area (Å²) in [5.41, 5.74) is 0.765. The molecule has 0 fully saturated rings. The molecular formula is C14H22N2O3S. The van der Waals surface area contributed by atoms with Gasteiger partial charge in [-0.2, -0.15) is 0 Å². The molecule has 1 amide bonds. The van der Waals surface area contributed by atoms with Gasteiger partial charge in [0.25, 0.3) is 0 Å². The minimum Gasteiger partial charge on any atom is -0.477 e. The van der Waals surface area contributed by atoms with E-state index in [-0.39, 0.29) is 11.4 Å². The van der Waals surface area contributed by atoms with E-state index in [0.717, 1.165) is 10.4 Å². The van der Waals surface area contributed by atoms with Crippen molar-refractivity contribution in [1.82, 2.24) is 10.6 Å². The van der Waals surface area contributed by atoms with Gasteiger partial charge in [-0.15, -0.1) is 11.3 Å². The number of amides is 1. The van der Waals surface area contributed by atoms with Gasteiger partial charge in [-0.3, -0.25) is 4.79 Å². The van der Waals surface area contributed by atoms with Gasteiger partial charge in [0.05, 0.1) is 0 Å². The fourth-order valence-corrected chi connectivity index (χ4v) is 2.59. The number of aromatic carboxylic acids is 1. The number of nitrogens with one attached hydrogen (secondary N) is 2. The zero-order chi connectivity index (χ0) is 15.3. The highest BCUT2D eigenvalue weighted by Gasteiger charge is 2.13. The molecule has 0 aliphatic rings. The van der Waals surface area contributed by atoms with E-state index < -0.39 is 5.97 Å². The van der Waals surface area contributed by atoms with Crippen LogP contribution in [0.25, 0.3) is 0 Å². The Morgan fingerprint density at radius 1 is 1.35 bits per heavy atom. The average Bonchev–Trinajstić information content (AvgIpc) is 2.64. The molecule has 0 unspecified atom stereocenters. The Labute approximate surface area is 123 Å². The zero-order valence-electron chi connectivity index (χ0n) is 12.4. The van der Waals surface area contributed by atoms with Crippen molar-refractivity contribution in [1.29, 1.82) is 0 Å². The molecule has 0 aromatic carbocycles. The minimum absolute atomic E-state index is 0.0123. The lowest BCUT2D eigenvalue weighted by Crippen LogP contribution is -2.41. The minimum atomic E-state index is -0.895. The number of carbonyl (C=O) groups excluding carboxylic acids is 1. The molecule has 0 radical (unpaired) electrons. The molecule has 1 aromatic heterocycles. The van der Waals surface area contributed by atoms with Crippen LogP contribution in [0.3, 0.4) is 0 Å². The first-order valence-corrected chi connectivity index (χ1v) is 7.35. The van der Waals surface area contributed by atoms with Gasteiger partial charge in [0.15, 0.2) is 0 Å². The molecule has 3 N–H and O–H groups in total. The van der Waals surface area contributed by atoms with Gasteiger partial charge in [-0.1, -0.05) is 0 Å². The van der Waals surface area contributed by atoms with E-state index in [9.17, 15) is 9.59 Å². The van der Waals surface area contributed by atoms with Crippen LogP contribution in [0.2, 0.25) is 0 Å². The Morgan fingerprint density at radius 2 is 2.00 bits per heavy atom. The molecule has 1 heterocycles. The fraction of sp³-hybridized carbons (Fsp3) is 0.571. The van der Waals surface area contributed by atoms with E-state index in [0.29, 0.717) is 24.4 Å². The van der Waals surface area contributed by atoms with Crippen LogP contribution in [-0.4, -0.2) is 29.1 Å². The van der Waals surface area contributed by atoms with Crippen molar-refractivity contribution in [3.8, 4) is 0 Å². The monoisotopic (exact) mass is 298 g/mol. The van der Waals surface area contributed by atoms with E-state index in [1.807, 2.05) is 27.7 Å². The van der Waals surface area contributed by atoms with Crippen molar-refractivity contribution in [3.05, 3.63) is 21.4 Å². The highest BCUT2D eigenvalue weighted by Crippen LogP contribution is 2.21. The normalized spacial score (nSPS) is 11.4. The number of hydrogen-bond donors (Lipinski definition) is 3. The number of carboxylic acids is 1. The number of thiophene rings is 1. The Bertz CT molecular complexity index is 489. The van der Waals surface area contributed by atoms with Crippen LogP contribution in [0.5, 0.6) is 0 Å². The van der Waals surface area contributed by atoms with Crippen LogP contribution >= 0.6 is 11.3 Å². The van der Waals surface area contributed by atoms with Crippen LogP contribution in [-0.2, 0) is 11.3 Å². The third kappa shape index (κ3) is 5.71. The smallest absolute Gasteiger partial charge is 0.345 e. The van der Waals surface area contributed by atoms with E-state index in [1.54, 1.807) is 6.07 Å². The van der Waals surface area contributed by atoms with Gasteiger partial charge >= 0.3 is 5.97 Å². The summed E-state index contributed by atoms with van der Waals surface area (Å²) in [6.07, 6.45) is 0.409. The maximum atomic E-state index is 11.6. The predicted octanol–water partition coefficient (Wildman–Crippen LogP) is 2.15. The van der Waals surface area contributed by atoms with Gasteiger partial charge in [-0.25, -0.2) is 4.79 Å². The van der Waals surface area contributed by atoms with Gasteiger partial charge in [0.2, 0.25) is 5.91 Å². The molecule has 0 atom stereocenters. The SMILES string of the molecule is Cc1sc(C(=O)O)cc1CNCCC(=O)NC(C)(C)C. The van der Waals surface area contributed by atoms with Crippen LogP contribution in [0.4, 0.5) is 0 Å². The van der Waals surface area contributed by atoms with E-state index >= 15 is 0 Å². The van der Waals surface area contributed by atoms with Crippen LogP contribution < -0.4 is 10.6 Å². The van der Waals surface area contributed by atoms with Crippen LogP contribution in [0.15, 0.2) is 6.07 Å². The second-order valence-electron chi connectivity index (χ2n) is 5.72. The molecule has 112 valence electrons. The summed E-state index contributed by atoms with van der Waals surface area (Å²) in [7, 11) is 0. The summed E-state index contributed by atoms with van der Waals surface area (Å²) in [5.74, 6) is -0.882. The third-order valence-corrected chi connectivity index (χ3v) is 3.67. The summed E-state index contributed by atoms with van der Waals surface area (Å²) in [6, 6.07) is 1.69. The molecule has 0 aliphatic heterocycles. The number of carbonyl (C=O) groups is 2. The summed E-state index contributed by atoms with van der Waals surface area (Å²) in [4.78, 5) is 23.8. The van der Waals surface area contributed by atoms with Gasteiger partial charge in [0.1, 0.15) is 4.88 Å². The van der Waals surface area contributed by atoms with Crippen molar-refractivity contribution in [2.45, 2.75) is 46.2 Å². The maximum Gasteiger partial charge on any atom is 0.345 e. The largest absolute Gasteiger partial charge is 0.477 e. The predicted molar refractivity (Wildman–Crippen MR) is 80.2 cm³/mol. The van der Waals surface area contributed by atoms with Crippen molar-refractivity contribution >= 4 is 23.2 Å². The van der Waals surface area contributed by atoms with Crippen molar-refractivity contribution in [3.63, 3.8) is 0 Å². The van der Waals surface area contributed by atoms with Crippen molar-refractivity contribution < 1.29 is 14.7 Å². The third-order valence-electron chi connectivity index (χ3n) is 2.59. The molecule has 0 bridgehead atoms. The Morgan fingerprint density at radius 3 is 2.50 bits per heavy atom. The van der Waals surface area contributed by atoms with Gasteiger partial charge < -0.3 is 15.7 Å². The molecule has 6 heteroatoms. The molecule has 0 aliphatic carbocycles. The van der Waals surface area contributed by atoms with E-state index in [4.69, 9.17) is 5.11 Å². The summed E-state index contributed by atoms with van der Waals surface area (Å²) >= 11 is 1.28. The lowest BCUT2D eigenvalue weighted by atomic mass is 10.1. The molecular weight excluding hydrogens is 276 g/mol. The number of carboxylic acid groups (broad SMARTS) is 1. The van der Waals surface area contributed by atoms with Gasteiger partial charge in [-0.05, 0) is 39.3 Å². The summed E-state index contributed by atoms with van der Waals surface area (Å²) in [5, 5.41) is 15.0. The molecule has 0 saturated heterocycles. The van der Waals surface area contributed by atoms with Crippen LogP contribution in [0.1, 0.15) is 47.3 Å². The first kappa shape index (κ1) is 16.7. The molecule has 0 spiro atoms. The first-order chi connectivity index (χ1) is 9.19. The second-order valence-corrected chi connectivity index (χ2v) is 6.98. The van der Waals surface area contributed by atoms with Crippen molar-refractivity contribution in [2.24, 2.45) is 0 Å². The Hall–Kier alpha value is -1.40. The summed E-state index contributed by atoms with van der Waals surface area (Å²) < 4.78 is 0.